The Labute approximate surface area is 162 Å². The van der Waals surface area contributed by atoms with Gasteiger partial charge < -0.3 is 9.84 Å². The minimum atomic E-state index is -4.09. The van der Waals surface area contributed by atoms with Crippen LogP contribution in [0.3, 0.4) is 0 Å². The molecule has 0 fully saturated rings. The van der Waals surface area contributed by atoms with Crippen LogP contribution in [0.5, 0.6) is 5.75 Å². The number of hydrogen-bond acceptors (Lipinski definition) is 6. The molecule has 0 radical (unpaired) electrons. The summed E-state index contributed by atoms with van der Waals surface area (Å²) in [5, 5.41) is 19.9. The van der Waals surface area contributed by atoms with Crippen molar-refractivity contribution in [3.63, 3.8) is 0 Å². The van der Waals surface area contributed by atoms with Gasteiger partial charge in [0.25, 0.3) is 5.69 Å². The largest absolute Gasteiger partial charge is 0.494 e. The number of nitrogens with one attached hydrogen (secondary N) is 1. The maximum absolute atomic E-state index is 12.6. The van der Waals surface area contributed by atoms with E-state index < -0.39 is 33.4 Å². The van der Waals surface area contributed by atoms with Crippen LogP contribution in [0.1, 0.15) is 31.4 Å². The van der Waals surface area contributed by atoms with Gasteiger partial charge in [-0.1, -0.05) is 19.1 Å². The van der Waals surface area contributed by atoms with E-state index in [0.717, 1.165) is 30.7 Å². The smallest absolute Gasteiger partial charge is 0.305 e. The first-order valence-electron chi connectivity index (χ1n) is 8.44. The highest BCUT2D eigenvalue weighted by Crippen LogP contribution is 2.24. The van der Waals surface area contributed by atoms with Crippen molar-refractivity contribution in [1.82, 2.24) is 4.72 Å². The van der Waals surface area contributed by atoms with Crippen LogP contribution in [0.25, 0.3) is 0 Å². The van der Waals surface area contributed by atoms with Crippen LogP contribution in [0.4, 0.5) is 5.69 Å². The molecule has 2 rings (SSSR count). The molecule has 9 nitrogen and oxygen atoms in total. The summed E-state index contributed by atoms with van der Waals surface area (Å²) in [5.41, 5.74) is 0.209. The van der Waals surface area contributed by atoms with E-state index in [4.69, 9.17) is 9.84 Å². The fourth-order valence-electron chi connectivity index (χ4n) is 2.42. The molecule has 0 aliphatic carbocycles. The third-order valence-corrected chi connectivity index (χ3v) is 5.28. The van der Waals surface area contributed by atoms with Gasteiger partial charge in [0, 0.05) is 12.1 Å². The van der Waals surface area contributed by atoms with Crippen molar-refractivity contribution in [1.29, 1.82) is 0 Å². The van der Waals surface area contributed by atoms with Gasteiger partial charge >= 0.3 is 5.97 Å². The normalized spacial score (nSPS) is 12.3. The summed E-state index contributed by atoms with van der Waals surface area (Å²) in [6.07, 6.45) is 0.361. The third kappa shape index (κ3) is 5.76. The molecule has 0 amide bonds. The van der Waals surface area contributed by atoms with Gasteiger partial charge in [0.15, 0.2) is 0 Å². The number of nitro benzene ring substituents is 1. The molecule has 1 atom stereocenters. The Hall–Kier alpha value is -2.98. The lowest BCUT2D eigenvalue weighted by Crippen LogP contribution is -2.30. The van der Waals surface area contributed by atoms with Crippen molar-refractivity contribution < 1.29 is 28.0 Å². The van der Waals surface area contributed by atoms with Gasteiger partial charge in [0.1, 0.15) is 5.75 Å². The molecule has 0 saturated heterocycles. The number of hydrogen-bond donors (Lipinski definition) is 2. The van der Waals surface area contributed by atoms with E-state index in [1.54, 1.807) is 24.3 Å². The van der Waals surface area contributed by atoms with E-state index in [1.807, 2.05) is 6.92 Å². The molecule has 0 aliphatic rings. The molecule has 10 heteroatoms. The molecule has 28 heavy (non-hydrogen) atoms. The Morgan fingerprint density at radius 1 is 1.18 bits per heavy atom. The van der Waals surface area contributed by atoms with Crippen molar-refractivity contribution in [2.45, 2.75) is 30.7 Å². The molecular weight excluding hydrogens is 388 g/mol. The van der Waals surface area contributed by atoms with Gasteiger partial charge in [-0.05, 0) is 36.2 Å². The van der Waals surface area contributed by atoms with Crippen LogP contribution in [0, 0.1) is 10.1 Å². The van der Waals surface area contributed by atoms with Crippen LogP contribution in [-0.2, 0) is 14.8 Å². The zero-order chi connectivity index (χ0) is 20.7. The first kappa shape index (κ1) is 21.3. The third-order valence-electron chi connectivity index (χ3n) is 3.79. The van der Waals surface area contributed by atoms with Crippen LogP contribution in [-0.4, -0.2) is 31.0 Å². The zero-order valence-corrected chi connectivity index (χ0v) is 15.9. The van der Waals surface area contributed by atoms with Crippen LogP contribution in [0.15, 0.2) is 53.4 Å². The fourth-order valence-corrected chi connectivity index (χ4v) is 3.65. The molecule has 0 aliphatic heterocycles. The maximum atomic E-state index is 12.6. The summed E-state index contributed by atoms with van der Waals surface area (Å²) in [7, 11) is -4.09. The number of benzene rings is 2. The molecule has 150 valence electrons. The summed E-state index contributed by atoms with van der Waals surface area (Å²) in [4.78, 5) is 21.1. The number of rotatable bonds is 10. The van der Waals surface area contributed by atoms with Crippen molar-refractivity contribution >= 4 is 21.7 Å². The lowest BCUT2D eigenvalue weighted by molar-refractivity contribution is -0.384. The standard InChI is InChI=1S/C18H20N2O7S/c1-2-11-27-15-7-3-13(4-8-15)17(12-18(21)22)19-28(25,26)16-9-5-14(6-10-16)20(23)24/h3-10,17,19H,2,11-12H2,1H3,(H,21,22)/t17-/m1/s1. The first-order valence-corrected chi connectivity index (χ1v) is 9.92. The second-order valence-corrected chi connectivity index (χ2v) is 7.65. The molecule has 0 heterocycles. The molecule has 2 aromatic rings. The van der Waals surface area contributed by atoms with E-state index in [0.29, 0.717) is 17.9 Å². The molecule has 0 saturated carbocycles. The Morgan fingerprint density at radius 3 is 2.29 bits per heavy atom. The molecular formula is C18H20N2O7S. The Kier molecular flexibility index (Phi) is 7.07. The number of non-ortho nitro benzene ring substituents is 1. The van der Waals surface area contributed by atoms with Gasteiger partial charge in [-0.2, -0.15) is 0 Å². The number of nitrogens with zero attached hydrogens (tertiary/aromatic N) is 1. The predicted molar refractivity (Wildman–Crippen MR) is 101 cm³/mol. The summed E-state index contributed by atoms with van der Waals surface area (Å²) in [6.45, 7) is 2.49. The number of carbonyl (C=O) groups is 1. The zero-order valence-electron chi connectivity index (χ0n) is 15.1. The summed E-state index contributed by atoms with van der Waals surface area (Å²) in [5.74, 6) is -0.583. The van der Waals surface area contributed by atoms with Gasteiger partial charge in [-0.3, -0.25) is 14.9 Å². The van der Waals surface area contributed by atoms with Crippen molar-refractivity contribution in [3.05, 3.63) is 64.2 Å². The van der Waals surface area contributed by atoms with Gasteiger partial charge in [-0.15, -0.1) is 0 Å². The van der Waals surface area contributed by atoms with E-state index in [1.165, 1.54) is 0 Å². The molecule has 0 spiro atoms. The summed E-state index contributed by atoms with van der Waals surface area (Å²) < 4.78 is 33.0. The SMILES string of the molecule is CCCOc1ccc([C@@H](CC(=O)O)NS(=O)(=O)c2ccc([N+](=O)[O-])cc2)cc1. The van der Waals surface area contributed by atoms with E-state index >= 15 is 0 Å². The minimum absolute atomic E-state index is 0.198. The fraction of sp³-hybridized carbons (Fsp3) is 0.278. The number of carboxylic acids is 1. The van der Waals surface area contributed by atoms with Crippen LogP contribution < -0.4 is 9.46 Å². The second kappa shape index (κ2) is 9.29. The van der Waals surface area contributed by atoms with E-state index in [-0.39, 0.29) is 10.6 Å². The second-order valence-electron chi connectivity index (χ2n) is 5.94. The van der Waals surface area contributed by atoms with Gasteiger partial charge in [0.05, 0.1) is 28.9 Å². The molecule has 2 aromatic carbocycles. The predicted octanol–water partition coefficient (Wildman–Crippen LogP) is 2.88. The van der Waals surface area contributed by atoms with Crippen molar-refractivity contribution in [2.75, 3.05) is 6.61 Å². The number of carboxylic acid groups (broad SMARTS) is 1. The maximum Gasteiger partial charge on any atom is 0.305 e. The minimum Gasteiger partial charge on any atom is -0.494 e. The molecule has 2 N–H and O–H groups in total. The number of ether oxygens (including phenoxy) is 1. The quantitative estimate of drug-likeness (QED) is 0.456. The monoisotopic (exact) mass is 408 g/mol. The molecule has 0 aromatic heterocycles. The molecule has 0 bridgehead atoms. The Morgan fingerprint density at radius 2 is 1.79 bits per heavy atom. The summed E-state index contributed by atoms with van der Waals surface area (Å²) >= 11 is 0. The van der Waals surface area contributed by atoms with Gasteiger partial charge in [-0.25, -0.2) is 13.1 Å². The number of sulfonamides is 1. The van der Waals surface area contributed by atoms with Crippen molar-refractivity contribution in [3.8, 4) is 5.75 Å². The lowest BCUT2D eigenvalue weighted by Gasteiger charge is -2.18. The highest BCUT2D eigenvalue weighted by molar-refractivity contribution is 7.89. The topological polar surface area (TPSA) is 136 Å². The van der Waals surface area contributed by atoms with E-state index in [2.05, 4.69) is 4.72 Å². The van der Waals surface area contributed by atoms with Crippen LogP contribution >= 0.6 is 0 Å². The van der Waals surface area contributed by atoms with Crippen molar-refractivity contribution in [2.24, 2.45) is 0 Å². The highest BCUT2D eigenvalue weighted by Gasteiger charge is 2.24. The Balaban J connectivity index is 2.25. The number of nitro groups is 1. The number of aliphatic carboxylic acids is 1. The highest BCUT2D eigenvalue weighted by atomic mass is 32.2. The Bertz CT molecular complexity index is 925. The van der Waals surface area contributed by atoms with Crippen LogP contribution in [0.2, 0.25) is 0 Å². The van der Waals surface area contributed by atoms with Gasteiger partial charge in [0.2, 0.25) is 10.0 Å². The first-order chi connectivity index (χ1) is 13.2. The van der Waals surface area contributed by atoms with E-state index in [9.17, 15) is 23.3 Å². The summed E-state index contributed by atoms with van der Waals surface area (Å²) in [6, 6.07) is 9.78. The lowest BCUT2D eigenvalue weighted by atomic mass is 10.0. The average Bonchev–Trinajstić information content (AvgIpc) is 2.66. The average molecular weight is 408 g/mol. The molecule has 0 unspecified atom stereocenters.